The maximum atomic E-state index is 14.0. The van der Waals surface area contributed by atoms with Crippen LogP contribution in [-0.4, -0.2) is 10.8 Å². The van der Waals surface area contributed by atoms with Crippen molar-refractivity contribution in [2.24, 2.45) is 0 Å². The van der Waals surface area contributed by atoms with E-state index in [4.69, 9.17) is 20.8 Å². The van der Waals surface area contributed by atoms with Crippen LogP contribution < -0.4 is 10.1 Å². The van der Waals surface area contributed by atoms with Crippen molar-refractivity contribution in [3.63, 3.8) is 0 Å². The average Bonchev–Trinajstić information content (AvgIpc) is 3.19. The summed E-state index contributed by atoms with van der Waals surface area (Å²) >= 11 is 6.00. The molecule has 0 fully saturated rings. The second kappa shape index (κ2) is 9.38. The maximum Gasteiger partial charge on any atom is 0.275 e. The molecule has 0 saturated carbocycles. The van der Waals surface area contributed by atoms with E-state index in [1.807, 2.05) is 12.1 Å². The molecule has 0 radical (unpaired) electrons. The molecule has 9 heteroatoms. The number of carbonyl (C=O) groups excluding carboxylic acids is 1. The molecule has 1 aliphatic carbocycles. The van der Waals surface area contributed by atoms with E-state index in [0.29, 0.717) is 5.75 Å². The van der Waals surface area contributed by atoms with Gasteiger partial charge in [-0.3, -0.25) is 14.9 Å². The molecule has 4 aromatic rings. The molecule has 0 unspecified atom stereocenters. The van der Waals surface area contributed by atoms with E-state index in [1.54, 1.807) is 6.07 Å². The van der Waals surface area contributed by atoms with Gasteiger partial charge in [0.2, 0.25) is 5.91 Å². The van der Waals surface area contributed by atoms with E-state index in [1.165, 1.54) is 42.0 Å². The Hall–Kier alpha value is -3.91. The number of nitrogens with one attached hydrogen (secondary N) is 1. The lowest BCUT2D eigenvalue weighted by atomic mass is 9.96. The van der Waals surface area contributed by atoms with Crippen molar-refractivity contribution in [2.45, 2.75) is 32.1 Å². The van der Waals surface area contributed by atoms with Crippen molar-refractivity contribution >= 4 is 39.9 Å². The van der Waals surface area contributed by atoms with Crippen molar-refractivity contribution in [3.8, 4) is 11.5 Å². The van der Waals surface area contributed by atoms with Crippen LogP contribution in [0.5, 0.6) is 11.5 Å². The SMILES string of the molecule is O=C(Cc1c(F)cccc1Cl)Nc1cc(Oc2ccc3oc4c(c3c2)CCCC4)cc([N+](=O)[O-])c1. The zero-order valence-electron chi connectivity index (χ0n) is 18.5. The van der Waals surface area contributed by atoms with Gasteiger partial charge in [-0.05, 0) is 49.6 Å². The molecule has 0 bridgehead atoms. The van der Waals surface area contributed by atoms with Gasteiger partial charge in [0.25, 0.3) is 5.69 Å². The number of nitrogens with zero attached hydrogens (tertiary/aromatic N) is 1. The van der Waals surface area contributed by atoms with Gasteiger partial charge in [0.15, 0.2) is 0 Å². The molecule has 178 valence electrons. The third kappa shape index (κ3) is 4.83. The van der Waals surface area contributed by atoms with Gasteiger partial charge >= 0.3 is 0 Å². The number of benzene rings is 3. The first-order valence-corrected chi connectivity index (χ1v) is 11.5. The molecule has 0 spiro atoms. The maximum absolute atomic E-state index is 14.0. The quantitative estimate of drug-likeness (QED) is 0.230. The first-order valence-electron chi connectivity index (χ1n) is 11.1. The van der Waals surface area contributed by atoms with Gasteiger partial charge in [0.1, 0.15) is 28.7 Å². The van der Waals surface area contributed by atoms with Crippen molar-refractivity contribution in [3.05, 3.63) is 92.4 Å². The highest BCUT2D eigenvalue weighted by Gasteiger charge is 2.19. The number of ether oxygens (including phenoxy) is 1. The summed E-state index contributed by atoms with van der Waals surface area (Å²) in [7, 11) is 0. The molecular formula is C26H20ClFN2O5. The predicted molar refractivity (Wildman–Crippen MR) is 130 cm³/mol. The van der Waals surface area contributed by atoms with E-state index in [-0.39, 0.29) is 34.1 Å². The third-order valence-electron chi connectivity index (χ3n) is 5.95. The molecule has 1 aromatic heterocycles. The van der Waals surface area contributed by atoms with Gasteiger partial charge in [0, 0.05) is 40.1 Å². The summed E-state index contributed by atoms with van der Waals surface area (Å²) < 4.78 is 25.9. The second-order valence-corrected chi connectivity index (χ2v) is 8.78. The van der Waals surface area contributed by atoms with E-state index in [0.717, 1.165) is 42.4 Å². The second-order valence-electron chi connectivity index (χ2n) is 8.37. The minimum atomic E-state index is -0.604. The Labute approximate surface area is 204 Å². The molecular weight excluding hydrogens is 475 g/mol. The third-order valence-corrected chi connectivity index (χ3v) is 6.30. The summed E-state index contributed by atoms with van der Waals surface area (Å²) in [6.07, 6.45) is 3.71. The zero-order valence-corrected chi connectivity index (χ0v) is 19.2. The minimum absolute atomic E-state index is 0.0466. The van der Waals surface area contributed by atoms with Crippen LogP contribution in [0.4, 0.5) is 15.8 Å². The fourth-order valence-electron chi connectivity index (χ4n) is 4.33. The number of non-ortho nitro benzene ring substituents is 1. The number of nitro groups is 1. The molecule has 7 nitrogen and oxygen atoms in total. The van der Waals surface area contributed by atoms with Gasteiger partial charge in [-0.1, -0.05) is 17.7 Å². The summed E-state index contributed by atoms with van der Waals surface area (Å²) in [6.45, 7) is 0. The molecule has 3 aromatic carbocycles. The molecule has 5 rings (SSSR count). The Morgan fingerprint density at radius 3 is 2.74 bits per heavy atom. The fourth-order valence-corrected chi connectivity index (χ4v) is 4.56. The van der Waals surface area contributed by atoms with Gasteiger partial charge in [-0.15, -0.1) is 0 Å². The molecule has 0 aliphatic heterocycles. The number of nitro benzene ring substituents is 1. The molecule has 1 N–H and O–H groups in total. The number of amides is 1. The number of hydrogen-bond donors (Lipinski definition) is 1. The number of anilines is 1. The number of aryl methyl sites for hydroxylation is 2. The Kier molecular flexibility index (Phi) is 6.13. The Balaban J connectivity index is 1.40. The number of hydrogen-bond acceptors (Lipinski definition) is 5. The van der Waals surface area contributed by atoms with Crippen LogP contribution in [-0.2, 0) is 24.1 Å². The Bertz CT molecular complexity index is 1450. The topological polar surface area (TPSA) is 94.6 Å². The van der Waals surface area contributed by atoms with Crippen molar-refractivity contribution in [2.75, 3.05) is 5.32 Å². The van der Waals surface area contributed by atoms with Crippen LogP contribution in [0.2, 0.25) is 5.02 Å². The highest BCUT2D eigenvalue weighted by Crippen LogP contribution is 2.36. The first kappa shape index (κ1) is 22.9. The molecule has 0 saturated heterocycles. The van der Waals surface area contributed by atoms with Crippen LogP contribution in [0, 0.1) is 15.9 Å². The minimum Gasteiger partial charge on any atom is -0.461 e. The van der Waals surface area contributed by atoms with Crippen LogP contribution >= 0.6 is 11.6 Å². The smallest absolute Gasteiger partial charge is 0.275 e. The molecule has 1 aliphatic rings. The van der Waals surface area contributed by atoms with Crippen molar-refractivity contribution in [1.82, 2.24) is 0 Å². The lowest BCUT2D eigenvalue weighted by Gasteiger charge is -2.11. The summed E-state index contributed by atoms with van der Waals surface area (Å²) in [5.74, 6) is 0.485. The van der Waals surface area contributed by atoms with Gasteiger partial charge < -0.3 is 14.5 Å². The normalized spacial score (nSPS) is 12.9. The lowest BCUT2D eigenvalue weighted by molar-refractivity contribution is -0.384. The monoisotopic (exact) mass is 494 g/mol. The van der Waals surface area contributed by atoms with Crippen LogP contribution in [0.3, 0.4) is 0 Å². The lowest BCUT2D eigenvalue weighted by Crippen LogP contribution is -2.15. The summed E-state index contributed by atoms with van der Waals surface area (Å²) in [5, 5.41) is 15.1. The van der Waals surface area contributed by atoms with Crippen molar-refractivity contribution in [1.29, 1.82) is 0 Å². The van der Waals surface area contributed by atoms with Gasteiger partial charge in [0.05, 0.1) is 23.1 Å². The number of fused-ring (bicyclic) bond motifs is 3. The molecule has 1 amide bonds. The summed E-state index contributed by atoms with van der Waals surface area (Å²) in [5.41, 5.74) is 1.89. The van der Waals surface area contributed by atoms with Crippen LogP contribution in [0.1, 0.15) is 29.7 Å². The Morgan fingerprint density at radius 2 is 1.94 bits per heavy atom. The molecule has 1 heterocycles. The summed E-state index contributed by atoms with van der Waals surface area (Å²) in [6, 6.07) is 13.5. The number of carbonyl (C=O) groups is 1. The fraction of sp³-hybridized carbons (Fsp3) is 0.192. The van der Waals surface area contributed by atoms with E-state index in [9.17, 15) is 19.3 Å². The Morgan fingerprint density at radius 1 is 1.11 bits per heavy atom. The van der Waals surface area contributed by atoms with Crippen LogP contribution in [0.15, 0.2) is 59.0 Å². The number of halogens is 2. The highest BCUT2D eigenvalue weighted by atomic mass is 35.5. The highest BCUT2D eigenvalue weighted by molar-refractivity contribution is 6.31. The largest absolute Gasteiger partial charge is 0.461 e. The van der Waals surface area contributed by atoms with E-state index in [2.05, 4.69) is 5.32 Å². The van der Waals surface area contributed by atoms with Gasteiger partial charge in [-0.25, -0.2) is 4.39 Å². The standard InChI is InChI=1S/C26H20ClFN2O5/c27-22-5-3-6-23(28)21(22)14-26(31)29-15-10-16(30(32)33)12-18(11-15)34-17-8-9-25-20(13-17)19-4-1-2-7-24(19)35-25/h3,5-6,8-13H,1-2,4,7,14H2,(H,29,31). The first-order chi connectivity index (χ1) is 16.9. The van der Waals surface area contributed by atoms with E-state index < -0.39 is 16.6 Å². The average molecular weight is 495 g/mol. The summed E-state index contributed by atoms with van der Waals surface area (Å²) in [4.78, 5) is 23.4. The molecule has 0 atom stereocenters. The number of furan rings is 1. The van der Waals surface area contributed by atoms with Crippen molar-refractivity contribution < 1.29 is 23.3 Å². The van der Waals surface area contributed by atoms with Gasteiger partial charge in [-0.2, -0.15) is 0 Å². The predicted octanol–water partition coefficient (Wildman–Crippen LogP) is 6.99. The van der Waals surface area contributed by atoms with Crippen LogP contribution in [0.25, 0.3) is 11.0 Å². The molecule has 35 heavy (non-hydrogen) atoms. The number of rotatable bonds is 6. The zero-order chi connectivity index (χ0) is 24.5. The van der Waals surface area contributed by atoms with E-state index >= 15 is 0 Å².